The van der Waals surface area contributed by atoms with E-state index in [1.807, 2.05) is 0 Å². The second-order valence-electron chi connectivity index (χ2n) is 8.03. The summed E-state index contributed by atoms with van der Waals surface area (Å²) >= 11 is 0. The molecule has 0 aromatic carbocycles. The number of rotatable bonds is 5. The molecule has 3 nitrogen and oxygen atoms in total. The minimum absolute atomic E-state index is 0.113. The smallest absolute Gasteiger partial charge is 0.0695 e. The van der Waals surface area contributed by atoms with Gasteiger partial charge in [0.2, 0.25) is 0 Å². The van der Waals surface area contributed by atoms with E-state index in [-0.39, 0.29) is 6.10 Å². The Morgan fingerprint density at radius 1 is 1.14 bits per heavy atom. The summed E-state index contributed by atoms with van der Waals surface area (Å²) in [5.74, 6) is 0.716. The molecule has 2 fully saturated rings. The molecular formula is C18H36N2O. The number of likely N-dealkylation sites (N-methyl/N-ethyl adjacent to an activating group) is 1. The molecule has 0 amide bonds. The van der Waals surface area contributed by atoms with Crippen molar-refractivity contribution in [1.29, 1.82) is 0 Å². The molecule has 0 aromatic rings. The Morgan fingerprint density at radius 2 is 1.86 bits per heavy atom. The van der Waals surface area contributed by atoms with Crippen LogP contribution < -0.4 is 5.32 Å². The normalized spacial score (nSPS) is 36.9. The summed E-state index contributed by atoms with van der Waals surface area (Å²) in [6.07, 6.45) is 8.52. The van der Waals surface area contributed by atoms with Crippen molar-refractivity contribution in [2.75, 3.05) is 20.1 Å². The summed E-state index contributed by atoms with van der Waals surface area (Å²) in [4.78, 5) is 2.46. The summed E-state index contributed by atoms with van der Waals surface area (Å²) in [5, 5.41) is 14.0. The molecule has 2 saturated carbocycles. The molecule has 2 rings (SSSR count). The Morgan fingerprint density at radius 3 is 2.52 bits per heavy atom. The van der Waals surface area contributed by atoms with Crippen LogP contribution in [0.4, 0.5) is 0 Å². The lowest BCUT2D eigenvalue weighted by Crippen LogP contribution is -2.54. The third-order valence-electron chi connectivity index (χ3n) is 5.92. The Balaban J connectivity index is 1.98. The number of aliphatic hydroxyl groups excluding tert-OH is 1. The van der Waals surface area contributed by atoms with E-state index in [0.717, 1.165) is 19.5 Å². The van der Waals surface area contributed by atoms with Gasteiger partial charge in [0, 0.05) is 18.6 Å². The Kier molecular flexibility index (Phi) is 6.10. The molecule has 124 valence electrons. The van der Waals surface area contributed by atoms with E-state index in [4.69, 9.17) is 0 Å². The molecule has 2 aliphatic carbocycles. The maximum Gasteiger partial charge on any atom is 0.0695 e. The molecular weight excluding hydrogens is 260 g/mol. The van der Waals surface area contributed by atoms with Gasteiger partial charge >= 0.3 is 0 Å². The van der Waals surface area contributed by atoms with Crippen LogP contribution in [-0.4, -0.2) is 48.3 Å². The van der Waals surface area contributed by atoms with Crippen LogP contribution in [0.25, 0.3) is 0 Å². The fourth-order valence-corrected chi connectivity index (χ4v) is 4.75. The highest BCUT2D eigenvalue weighted by atomic mass is 16.3. The highest BCUT2D eigenvalue weighted by molar-refractivity contribution is 4.95. The topological polar surface area (TPSA) is 35.5 Å². The number of aliphatic hydroxyl groups is 1. The SMILES string of the molecule is CCNC1C(CN(C)C2CCCCC2O)CCCC1(C)C. The van der Waals surface area contributed by atoms with Crippen molar-refractivity contribution in [3.63, 3.8) is 0 Å². The van der Waals surface area contributed by atoms with Crippen molar-refractivity contribution in [2.24, 2.45) is 11.3 Å². The van der Waals surface area contributed by atoms with Crippen molar-refractivity contribution >= 4 is 0 Å². The Hall–Kier alpha value is -0.120. The van der Waals surface area contributed by atoms with Gasteiger partial charge in [0.25, 0.3) is 0 Å². The number of nitrogens with one attached hydrogen (secondary N) is 1. The fourth-order valence-electron chi connectivity index (χ4n) is 4.75. The van der Waals surface area contributed by atoms with Gasteiger partial charge in [0.15, 0.2) is 0 Å². The van der Waals surface area contributed by atoms with Gasteiger partial charge in [-0.3, -0.25) is 0 Å². The van der Waals surface area contributed by atoms with Crippen LogP contribution in [0.2, 0.25) is 0 Å². The third-order valence-corrected chi connectivity index (χ3v) is 5.92. The Labute approximate surface area is 131 Å². The van der Waals surface area contributed by atoms with Crippen molar-refractivity contribution in [1.82, 2.24) is 10.2 Å². The third kappa shape index (κ3) is 4.20. The summed E-state index contributed by atoms with van der Waals surface area (Å²) < 4.78 is 0. The minimum Gasteiger partial charge on any atom is -0.391 e. The van der Waals surface area contributed by atoms with Crippen LogP contribution in [0.15, 0.2) is 0 Å². The summed E-state index contributed by atoms with van der Waals surface area (Å²) in [5.41, 5.74) is 0.394. The van der Waals surface area contributed by atoms with Gasteiger partial charge in [-0.1, -0.05) is 40.0 Å². The standard InChI is InChI=1S/C18H36N2O/c1-5-19-17-14(9-8-12-18(17,2)3)13-20(4)15-10-6-7-11-16(15)21/h14-17,19,21H,5-13H2,1-4H3. The molecule has 0 aliphatic heterocycles. The van der Waals surface area contributed by atoms with Gasteiger partial charge in [-0.2, -0.15) is 0 Å². The molecule has 21 heavy (non-hydrogen) atoms. The van der Waals surface area contributed by atoms with Crippen molar-refractivity contribution in [2.45, 2.75) is 83.9 Å². The number of nitrogens with zero attached hydrogens (tertiary/aromatic N) is 1. The lowest BCUT2D eigenvalue weighted by atomic mass is 9.67. The second-order valence-corrected chi connectivity index (χ2v) is 8.03. The van der Waals surface area contributed by atoms with Crippen molar-refractivity contribution < 1.29 is 5.11 Å². The number of hydrogen-bond acceptors (Lipinski definition) is 3. The van der Waals surface area contributed by atoms with Crippen LogP contribution in [0.5, 0.6) is 0 Å². The van der Waals surface area contributed by atoms with Gasteiger partial charge < -0.3 is 15.3 Å². The van der Waals surface area contributed by atoms with Crippen LogP contribution in [0.3, 0.4) is 0 Å². The molecule has 4 unspecified atom stereocenters. The lowest BCUT2D eigenvalue weighted by molar-refractivity contribution is 0.00916. The summed E-state index contributed by atoms with van der Waals surface area (Å²) in [6.45, 7) is 9.24. The largest absolute Gasteiger partial charge is 0.391 e. The van der Waals surface area contributed by atoms with Crippen LogP contribution >= 0.6 is 0 Å². The lowest BCUT2D eigenvalue weighted by Gasteiger charge is -2.47. The zero-order valence-corrected chi connectivity index (χ0v) is 14.6. The average molecular weight is 296 g/mol. The predicted molar refractivity (Wildman–Crippen MR) is 89.5 cm³/mol. The summed E-state index contributed by atoms with van der Waals surface area (Å²) in [7, 11) is 2.23. The van der Waals surface area contributed by atoms with Crippen LogP contribution in [-0.2, 0) is 0 Å². The Bertz CT molecular complexity index is 318. The monoisotopic (exact) mass is 296 g/mol. The van der Waals surface area contributed by atoms with Gasteiger partial charge in [0.1, 0.15) is 0 Å². The van der Waals surface area contributed by atoms with E-state index >= 15 is 0 Å². The molecule has 4 atom stereocenters. The molecule has 0 aromatic heterocycles. The van der Waals surface area contributed by atoms with Gasteiger partial charge in [-0.25, -0.2) is 0 Å². The maximum absolute atomic E-state index is 10.3. The van der Waals surface area contributed by atoms with Gasteiger partial charge in [-0.15, -0.1) is 0 Å². The molecule has 0 radical (unpaired) electrons. The van der Waals surface area contributed by atoms with E-state index in [0.29, 0.717) is 23.4 Å². The molecule has 2 aliphatic rings. The molecule has 0 bridgehead atoms. The maximum atomic E-state index is 10.3. The molecule has 0 saturated heterocycles. The zero-order chi connectivity index (χ0) is 15.5. The van der Waals surface area contributed by atoms with E-state index in [9.17, 15) is 5.11 Å². The van der Waals surface area contributed by atoms with Crippen molar-refractivity contribution in [3.8, 4) is 0 Å². The first kappa shape index (κ1) is 17.2. The van der Waals surface area contributed by atoms with E-state index < -0.39 is 0 Å². The van der Waals surface area contributed by atoms with E-state index in [1.165, 1.54) is 38.5 Å². The highest BCUT2D eigenvalue weighted by Crippen LogP contribution is 2.39. The first-order chi connectivity index (χ1) is 9.95. The second kappa shape index (κ2) is 7.43. The quantitative estimate of drug-likeness (QED) is 0.818. The average Bonchev–Trinajstić information content (AvgIpc) is 2.43. The minimum atomic E-state index is -0.113. The molecule has 0 heterocycles. The molecule has 0 spiro atoms. The van der Waals surface area contributed by atoms with Gasteiger partial charge in [0.05, 0.1) is 6.10 Å². The number of hydrogen-bond donors (Lipinski definition) is 2. The first-order valence-electron chi connectivity index (χ1n) is 9.07. The van der Waals surface area contributed by atoms with E-state index in [1.54, 1.807) is 0 Å². The predicted octanol–water partition coefficient (Wildman–Crippen LogP) is 3.03. The molecule has 2 N–H and O–H groups in total. The first-order valence-corrected chi connectivity index (χ1v) is 9.07. The van der Waals surface area contributed by atoms with Crippen LogP contribution in [0, 0.1) is 11.3 Å². The highest BCUT2D eigenvalue weighted by Gasteiger charge is 2.39. The van der Waals surface area contributed by atoms with Crippen molar-refractivity contribution in [3.05, 3.63) is 0 Å². The van der Waals surface area contributed by atoms with Crippen LogP contribution in [0.1, 0.15) is 65.7 Å². The zero-order valence-electron chi connectivity index (χ0n) is 14.6. The molecule has 3 heteroatoms. The summed E-state index contributed by atoms with van der Waals surface area (Å²) in [6, 6.07) is 0.991. The van der Waals surface area contributed by atoms with E-state index in [2.05, 4.69) is 38.0 Å². The van der Waals surface area contributed by atoms with Gasteiger partial charge in [-0.05, 0) is 50.6 Å². The fraction of sp³-hybridized carbons (Fsp3) is 1.00.